The first-order chi connectivity index (χ1) is 10.1. The molecular weight excluding hydrogens is 348 g/mol. The van der Waals surface area contributed by atoms with Crippen LogP contribution in [0.1, 0.15) is 20.3 Å². The minimum Gasteiger partial charge on any atom is -0.374 e. The molecule has 2 aromatic rings. The van der Waals surface area contributed by atoms with Crippen LogP contribution in [0.3, 0.4) is 0 Å². The molecule has 0 fully saturated rings. The molecule has 1 amide bonds. The van der Waals surface area contributed by atoms with Gasteiger partial charge in [0.1, 0.15) is 0 Å². The quantitative estimate of drug-likeness (QED) is 0.572. The summed E-state index contributed by atoms with van der Waals surface area (Å²) >= 11 is 5.61. The van der Waals surface area contributed by atoms with Crippen LogP contribution in [0.25, 0.3) is 0 Å². The second-order valence-corrected chi connectivity index (χ2v) is 8.66. The number of rotatable bonds is 7. The third-order valence-corrected chi connectivity index (χ3v) is 6.29. The molecule has 0 spiro atoms. The average Bonchev–Trinajstić information content (AvgIpc) is 3.06. The number of nitrogens with one attached hydrogen (secondary N) is 1. The molecule has 0 bridgehead atoms. The summed E-state index contributed by atoms with van der Waals surface area (Å²) in [5.74, 6) is 0.814. The highest BCUT2D eigenvalue weighted by atomic mass is 32.2. The Balaban J connectivity index is 1.95. The molecule has 2 rings (SSSR count). The van der Waals surface area contributed by atoms with E-state index in [0.29, 0.717) is 21.0 Å². The third kappa shape index (κ3) is 4.80. The van der Waals surface area contributed by atoms with Crippen molar-refractivity contribution in [3.05, 3.63) is 0 Å². The van der Waals surface area contributed by atoms with Crippen LogP contribution in [-0.4, -0.2) is 37.3 Å². The zero-order valence-corrected chi connectivity index (χ0v) is 14.7. The summed E-state index contributed by atoms with van der Waals surface area (Å²) in [7, 11) is 0. The van der Waals surface area contributed by atoms with Crippen molar-refractivity contribution in [2.75, 3.05) is 16.8 Å². The lowest BCUT2D eigenvalue weighted by molar-refractivity contribution is -0.115. The van der Waals surface area contributed by atoms with E-state index in [1.54, 1.807) is 11.8 Å². The molecular formula is C10H14N6OS4. The Hall–Kier alpha value is -0.910. The van der Waals surface area contributed by atoms with E-state index in [0.717, 1.165) is 10.1 Å². The summed E-state index contributed by atoms with van der Waals surface area (Å²) in [4.78, 5) is 12.2. The Morgan fingerprint density at radius 3 is 2.62 bits per heavy atom. The fourth-order valence-electron chi connectivity index (χ4n) is 1.34. The molecule has 0 saturated heterocycles. The number of nitrogen functional groups attached to an aromatic ring is 1. The summed E-state index contributed by atoms with van der Waals surface area (Å²) < 4.78 is 1.54. The SMILES string of the molecule is CCSc1nnc(NC(=O)C(CC)Sc2nnc(N)s2)s1. The maximum Gasteiger partial charge on any atom is 0.239 e. The van der Waals surface area contributed by atoms with Crippen molar-refractivity contribution in [1.29, 1.82) is 0 Å². The number of nitrogens with zero attached hydrogens (tertiary/aromatic N) is 4. The summed E-state index contributed by atoms with van der Waals surface area (Å²) in [6.07, 6.45) is 0.672. The second kappa shape index (κ2) is 7.92. The molecule has 0 saturated carbocycles. The standard InChI is InChI=1S/C10H14N6OS4/c1-3-5(19-10-16-13-7(11)20-10)6(17)12-8-14-15-9(21-8)18-4-2/h5H,3-4H2,1-2H3,(H2,11,13)(H,12,14,17). The zero-order valence-electron chi connectivity index (χ0n) is 11.4. The van der Waals surface area contributed by atoms with Gasteiger partial charge in [0, 0.05) is 0 Å². The lowest BCUT2D eigenvalue weighted by Crippen LogP contribution is -2.24. The highest BCUT2D eigenvalue weighted by Crippen LogP contribution is 2.30. The minimum absolute atomic E-state index is 0.111. The van der Waals surface area contributed by atoms with Crippen LogP contribution in [0.15, 0.2) is 8.68 Å². The molecule has 1 atom stereocenters. The number of anilines is 2. The Morgan fingerprint density at radius 2 is 2.00 bits per heavy atom. The molecule has 0 aliphatic carbocycles. The van der Waals surface area contributed by atoms with E-state index in [1.165, 1.54) is 34.4 Å². The van der Waals surface area contributed by atoms with Gasteiger partial charge >= 0.3 is 0 Å². The van der Waals surface area contributed by atoms with Gasteiger partial charge in [-0.3, -0.25) is 10.1 Å². The monoisotopic (exact) mass is 362 g/mol. The van der Waals surface area contributed by atoms with E-state index in [9.17, 15) is 4.79 Å². The maximum atomic E-state index is 12.2. The van der Waals surface area contributed by atoms with Crippen LogP contribution >= 0.6 is 46.2 Å². The zero-order chi connectivity index (χ0) is 15.2. The van der Waals surface area contributed by atoms with Crippen LogP contribution in [0, 0.1) is 0 Å². The first-order valence-corrected chi connectivity index (χ1v) is 9.65. The highest BCUT2D eigenvalue weighted by molar-refractivity contribution is 8.02. The van der Waals surface area contributed by atoms with Crippen LogP contribution in [0.5, 0.6) is 0 Å². The lowest BCUT2D eigenvalue weighted by Gasteiger charge is -2.10. The predicted molar refractivity (Wildman–Crippen MR) is 89.2 cm³/mol. The minimum atomic E-state index is -0.261. The normalized spacial score (nSPS) is 12.3. The van der Waals surface area contributed by atoms with Gasteiger partial charge in [-0.25, -0.2) is 0 Å². The molecule has 11 heteroatoms. The van der Waals surface area contributed by atoms with E-state index in [1.807, 2.05) is 13.8 Å². The highest BCUT2D eigenvalue weighted by Gasteiger charge is 2.21. The van der Waals surface area contributed by atoms with Crippen LogP contribution in [0.2, 0.25) is 0 Å². The van der Waals surface area contributed by atoms with Gasteiger partial charge in [-0.15, -0.1) is 20.4 Å². The van der Waals surface area contributed by atoms with Gasteiger partial charge in [0.15, 0.2) is 8.68 Å². The van der Waals surface area contributed by atoms with Gasteiger partial charge < -0.3 is 5.73 Å². The van der Waals surface area contributed by atoms with Gasteiger partial charge in [0.05, 0.1) is 5.25 Å². The number of carbonyl (C=O) groups excluding carboxylic acids is 1. The number of aromatic nitrogens is 4. The number of hydrogen-bond donors (Lipinski definition) is 2. The molecule has 0 aliphatic rings. The second-order valence-electron chi connectivity index (χ2n) is 3.72. The van der Waals surface area contributed by atoms with E-state index >= 15 is 0 Å². The van der Waals surface area contributed by atoms with E-state index in [-0.39, 0.29) is 11.2 Å². The van der Waals surface area contributed by atoms with Crippen molar-refractivity contribution < 1.29 is 4.79 Å². The van der Waals surface area contributed by atoms with Gasteiger partial charge in [-0.1, -0.05) is 60.0 Å². The summed E-state index contributed by atoms with van der Waals surface area (Å²) in [6.45, 7) is 3.99. The van der Waals surface area contributed by atoms with E-state index < -0.39 is 0 Å². The van der Waals surface area contributed by atoms with Gasteiger partial charge in [-0.2, -0.15) is 0 Å². The number of nitrogens with two attached hydrogens (primary N) is 1. The van der Waals surface area contributed by atoms with E-state index in [2.05, 4.69) is 25.7 Å². The molecule has 2 heterocycles. The Labute approximate surface area is 138 Å². The lowest BCUT2D eigenvalue weighted by atomic mass is 10.3. The smallest absolute Gasteiger partial charge is 0.239 e. The fourth-order valence-corrected chi connectivity index (χ4v) is 4.80. The van der Waals surface area contributed by atoms with Crippen molar-refractivity contribution in [1.82, 2.24) is 20.4 Å². The van der Waals surface area contributed by atoms with Crippen molar-refractivity contribution >= 4 is 62.4 Å². The van der Waals surface area contributed by atoms with Crippen molar-refractivity contribution in [3.8, 4) is 0 Å². The number of amides is 1. The summed E-state index contributed by atoms with van der Waals surface area (Å²) in [5, 5.41) is 19.1. The van der Waals surface area contributed by atoms with Crippen LogP contribution in [-0.2, 0) is 4.79 Å². The largest absolute Gasteiger partial charge is 0.374 e. The Morgan fingerprint density at radius 1 is 1.24 bits per heavy atom. The third-order valence-electron chi connectivity index (χ3n) is 2.23. The first kappa shape index (κ1) is 16.5. The van der Waals surface area contributed by atoms with Crippen molar-refractivity contribution in [2.24, 2.45) is 0 Å². The van der Waals surface area contributed by atoms with Gasteiger partial charge in [-0.05, 0) is 12.2 Å². The van der Waals surface area contributed by atoms with Crippen molar-refractivity contribution in [3.63, 3.8) is 0 Å². The molecule has 7 nitrogen and oxygen atoms in total. The van der Waals surface area contributed by atoms with Crippen LogP contribution in [0.4, 0.5) is 10.3 Å². The molecule has 114 valence electrons. The fraction of sp³-hybridized carbons (Fsp3) is 0.500. The molecule has 3 N–H and O–H groups in total. The molecule has 0 aliphatic heterocycles. The molecule has 0 aromatic carbocycles. The number of hydrogen-bond acceptors (Lipinski definition) is 10. The average molecular weight is 363 g/mol. The summed E-state index contributed by atoms with van der Waals surface area (Å²) in [6, 6.07) is 0. The summed E-state index contributed by atoms with van der Waals surface area (Å²) in [5.41, 5.74) is 5.54. The Kier molecular flexibility index (Phi) is 6.21. The Bertz CT molecular complexity index is 600. The first-order valence-electron chi connectivity index (χ1n) is 6.15. The van der Waals surface area contributed by atoms with Gasteiger partial charge in [0.25, 0.3) is 0 Å². The van der Waals surface area contributed by atoms with Crippen molar-refractivity contribution in [2.45, 2.75) is 34.2 Å². The molecule has 21 heavy (non-hydrogen) atoms. The van der Waals surface area contributed by atoms with Gasteiger partial charge in [0.2, 0.25) is 16.2 Å². The number of thioether (sulfide) groups is 2. The van der Waals surface area contributed by atoms with Crippen LogP contribution < -0.4 is 11.1 Å². The molecule has 1 unspecified atom stereocenters. The topological polar surface area (TPSA) is 107 Å². The van der Waals surface area contributed by atoms with E-state index in [4.69, 9.17) is 5.73 Å². The molecule has 2 aromatic heterocycles. The molecule has 0 radical (unpaired) electrons. The number of carbonyl (C=O) groups is 1. The maximum absolute atomic E-state index is 12.2. The predicted octanol–water partition coefficient (Wildman–Crippen LogP) is 2.59.